The highest BCUT2D eigenvalue weighted by molar-refractivity contribution is 9.08. The summed E-state index contributed by atoms with van der Waals surface area (Å²) >= 11 is 2.95. The molecule has 5 heteroatoms. The van der Waals surface area contributed by atoms with Crippen LogP contribution < -0.4 is 0 Å². The number of likely N-dealkylation sites (N-methyl/N-ethyl adjacent to an activating group) is 1. The molecular formula is C8H13BrN2O2. The normalized spacial score (nSPS) is 23.2. The van der Waals surface area contributed by atoms with E-state index in [0.29, 0.717) is 6.54 Å². The Labute approximate surface area is 86.2 Å². The standard InChI is InChI=1S/C8H13BrN2O2/c1-3-5-6-7(12)11(9)8(13)10(6)4-2/h6H,3-5H2,1-2H3. The summed E-state index contributed by atoms with van der Waals surface area (Å²) in [5.74, 6) is -0.145. The number of hydrogen-bond acceptors (Lipinski definition) is 2. The van der Waals surface area contributed by atoms with E-state index >= 15 is 0 Å². The number of rotatable bonds is 3. The molecule has 0 N–H and O–H groups in total. The van der Waals surface area contributed by atoms with Crippen LogP contribution in [0.15, 0.2) is 0 Å². The van der Waals surface area contributed by atoms with Gasteiger partial charge in [-0.05, 0) is 13.3 Å². The second-order valence-electron chi connectivity index (χ2n) is 2.99. The first-order valence-electron chi connectivity index (χ1n) is 4.43. The zero-order chi connectivity index (χ0) is 10.0. The number of amides is 3. The molecule has 0 bridgehead atoms. The van der Waals surface area contributed by atoms with Crippen LogP contribution in [0.1, 0.15) is 26.7 Å². The minimum absolute atomic E-state index is 0.145. The van der Waals surface area contributed by atoms with Crippen molar-refractivity contribution in [2.45, 2.75) is 32.7 Å². The number of imide groups is 1. The molecule has 0 saturated carbocycles. The van der Waals surface area contributed by atoms with Crippen molar-refractivity contribution in [3.63, 3.8) is 0 Å². The van der Waals surface area contributed by atoms with Gasteiger partial charge in [-0.15, -0.1) is 0 Å². The molecule has 1 heterocycles. The van der Waals surface area contributed by atoms with Gasteiger partial charge in [-0.1, -0.05) is 13.3 Å². The maximum atomic E-state index is 11.5. The van der Waals surface area contributed by atoms with Crippen molar-refractivity contribution in [2.75, 3.05) is 6.54 Å². The van der Waals surface area contributed by atoms with Crippen LogP contribution in [-0.4, -0.2) is 33.4 Å². The first kappa shape index (κ1) is 10.5. The van der Waals surface area contributed by atoms with Gasteiger partial charge in [0.15, 0.2) is 0 Å². The molecule has 1 aliphatic heterocycles. The predicted octanol–water partition coefficient (Wildman–Crippen LogP) is 1.75. The predicted molar refractivity (Wildman–Crippen MR) is 52.2 cm³/mol. The van der Waals surface area contributed by atoms with Crippen LogP contribution >= 0.6 is 16.1 Å². The van der Waals surface area contributed by atoms with E-state index < -0.39 is 0 Å². The fourth-order valence-electron chi connectivity index (χ4n) is 1.51. The Morgan fingerprint density at radius 2 is 2.00 bits per heavy atom. The van der Waals surface area contributed by atoms with E-state index in [4.69, 9.17) is 0 Å². The van der Waals surface area contributed by atoms with Crippen LogP contribution in [0, 0.1) is 0 Å². The number of halogens is 1. The molecule has 0 aromatic heterocycles. The zero-order valence-corrected chi connectivity index (χ0v) is 9.37. The molecule has 1 atom stereocenters. The molecule has 1 fully saturated rings. The molecule has 4 nitrogen and oxygen atoms in total. The third-order valence-corrected chi connectivity index (χ3v) is 2.82. The summed E-state index contributed by atoms with van der Waals surface area (Å²) in [5.41, 5.74) is 0. The third kappa shape index (κ3) is 1.70. The highest BCUT2D eigenvalue weighted by atomic mass is 79.9. The van der Waals surface area contributed by atoms with E-state index in [1.807, 2.05) is 13.8 Å². The van der Waals surface area contributed by atoms with Gasteiger partial charge in [0.05, 0.1) is 16.1 Å². The van der Waals surface area contributed by atoms with E-state index in [1.165, 1.54) is 0 Å². The average molecular weight is 249 g/mol. The van der Waals surface area contributed by atoms with Crippen LogP contribution in [-0.2, 0) is 4.79 Å². The maximum absolute atomic E-state index is 11.5. The molecule has 1 rings (SSSR count). The Hall–Kier alpha value is -0.580. The monoisotopic (exact) mass is 248 g/mol. The van der Waals surface area contributed by atoms with Gasteiger partial charge in [0.25, 0.3) is 5.91 Å². The summed E-state index contributed by atoms with van der Waals surface area (Å²) < 4.78 is 1.02. The van der Waals surface area contributed by atoms with Crippen molar-refractivity contribution in [3.8, 4) is 0 Å². The van der Waals surface area contributed by atoms with Crippen molar-refractivity contribution in [1.82, 2.24) is 8.83 Å². The van der Waals surface area contributed by atoms with Crippen LogP contribution in [0.25, 0.3) is 0 Å². The second-order valence-corrected chi connectivity index (χ2v) is 3.70. The summed E-state index contributed by atoms with van der Waals surface area (Å²) in [4.78, 5) is 24.5. The molecule has 0 aromatic carbocycles. The molecule has 1 aliphatic rings. The van der Waals surface area contributed by atoms with Crippen LogP contribution in [0.2, 0.25) is 0 Å². The summed E-state index contributed by atoms with van der Waals surface area (Å²) in [6.07, 6.45) is 1.64. The fourth-order valence-corrected chi connectivity index (χ4v) is 1.95. The van der Waals surface area contributed by atoms with E-state index in [2.05, 4.69) is 16.1 Å². The molecule has 3 amide bonds. The summed E-state index contributed by atoms with van der Waals surface area (Å²) in [6, 6.07) is -0.507. The van der Waals surface area contributed by atoms with Gasteiger partial charge >= 0.3 is 6.03 Å². The smallest absolute Gasteiger partial charge is 0.312 e. The summed E-state index contributed by atoms with van der Waals surface area (Å²) in [6.45, 7) is 4.46. The SMILES string of the molecule is CCCC1C(=O)N(Br)C(=O)N1CC. The Kier molecular flexibility index (Phi) is 3.30. The van der Waals surface area contributed by atoms with E-state index in [-0.39, 0.29) is 18.0 Å². The minimum atomic E-state index is -0.262. The van der Waals surface area contributed by atoms with Gasteiger partial charge < -0.3 is 4.90 Å². The highest BCUT2D eigenvalue weighted by Gasteiger charge is 2.42. The molecule has 74 valence electrons. The number of carbonyl (C=O) groups excluding carboxylic acids is 2. The second kappa shape index (κ2) is 4.09. The topological polar surface area (TPSA) is 40.6 Å². The first-order chi connectivity index (χ1) is 6.13. The lowest BCUT2D eigenvalue weighted by molar-refractivity contribution is -0.124. The number of nitrogens with zero attached hydrogens (tertiary/aromatic N) is 2. The Bertz CT molecular complexity index is 232. The van der Waals surface area contributed by atoms with Crippen molar-refractivity contribution >= 4 is 28.1 Å². The lowest BCUT2D eigenvalue weighted by Crippen LogP contribution is -2.34. The summed E-state index contributed by atoms with van der Waals surface area (Å²) in [5, 5.41) is 0. The van der Waals surface area contributed by atoms with Crippen LogP contribution in [0.5, 0.6) is 0 Å². The van der Waals surface area contributed by atoms with Crippen molar-refractivity contribution in [2.24, 2.45) is 0 Å². The zero-order valence-electron chi connectivity index (χ0n) is 7.79. The number of hydrogen-bond donors (Lipinski definition) is 0. The minimum Gasteiger partial charge on any atom is -0.312 e. The van der Waals surface area contributed by atoms with Crippen LogP contribution in [0.3, 0.4) is 0 Å². The van der Waals surface area contributed by atoms with Crippen molar-refractivity contribution < 1.29 is 9.59 Å². The van der Waals surface area contributed by atoms with E-state index in [9.17, 15) is 9.59 Å². The average Bonchev–Trinajstić information content (AvgIpc) is 2.32. The van der Waals surface area contributed by atoms with Gasteiger partial charge in [0, 0.05) is 6.54 Å². The quantitative estimate of drug-likeness (QED) is 0.564. The lowest BCUT2D eigenvalue weighted by atomic mass is 10.1. The molecule has 0 aliphatic carbocycles. The van der Waals surface area contributed by atoms with Crippen molar-refractivity contribution in [1.29, 1.82) is 0 Å². The lowest BCUT2D eigenvalue weighted by Gasteiger charge is -2.18. The summed E-state index contributed by atoms with van der Waals surface area (Å²) in [7, 11) is 0. The van der Waals surface area contributed by atoms with Gasteiger partial charge in [0.1, 0.15) is 6.04 Å². The fraction of sp³-hybridized carbons (Fsp3) is 0.750. The number of urea groups is 1. The Morgan fingerprint density at radius 3 is 2.46 bits per heavy atom. The third-order valence-electron chi connectivity index (χ3n) is 2.17. The Morgan fingerprint density at radius 1 is 1.38 bits per heavy atom. The van der Waals surface area contributed by atoms with Gasteiger partial charge in [-0.25, -0.2) is 4.79 Å². The molecular weight excluding hydrogens is 236 g/mol. The van der Waals surface area contributed by atoms with E-state index in [1.54, 1.807) is 4.90 Å². The van der Waals surface area contributed by atoms with Gasteiger partial charge in [0.2, 0.25) is 0 Å². The maximum Gasteiger partial charge on any atom is 0.337 e. The highest BCUT2D eigenvalue weighted by Crippen LogP contribution is 2.23. The molecule has 0 aromatic rings. The molecule has 0 radical (unpaired) electrons. The van der Waals surface area contributed by atoms with Crippen LogP contribution in [0.4, 0.5) is 4.79 Å². The number of carbonyl (C=O) groups is 2. The van der Waals surface area contributed by atoms with Gasteiger partial charge in [-0.2, -0.15) is 3.93 Å². The molecule has 1 saturated heterocycles. The largest absolute Gasteiger partial charge is 0.337 e. The molecule has 0 spiro atoms. The Balaban J connectivity index is 2.81. The van der Waals surface area contributed by atoms with Gasteiger partial charge in [-0.3, -0.25) is 4.79 Å². The van der Waals surface area contributed by atoms with E-state index in [0.717, 1.165) is 16.8 Å². The first-order valence-corrected chi connectivity index (χ1v) is 5.14. The van der Waals surface area contributed by atoms with Crippen molar-refractivity contribution in [3.05, 3.63) is 0 Å². The molecule has 1 unspecified atom stereocenters. The molecule has 13 heavy (non-hydrogen) atoms.